The summed E-state index contributed by atoms with van der Waals surface area (Å²) in [6.45, 7) is 5.92. The van der Waals surface area contributed by atoms with Crippen LogP contribution in [0.5, 0.6) is 0 Å². The number of hydrogen-bond donors (Lipinski definition) is 1. The van der Waals surface area contributed by atoms with E-state index in [-0.39, 0.29) is 29.9 Å². The largest absolute Gasteiger partial charge is 0.342 e. The highest BCUT2D eigenvalue weighted by atomic mass is 32.1. The second-order valence-corrected chi connectivity index (χ2v) is 7.24. The first kappa shape index (κ1) is 14.5. The van der Waals surface area contributed by atoms with Crippen LogP contribution in [-0.2, 0) is 9.59 Å². The minimum Gasteiger partial charge on any atom is -0.342 e. The Morgan fingerprint density at radius 1 is 1.48 bits per heavy atom. The molecule has 3 rings (SSSR count). The van der Waals surface area contributed by atoms with Gasteiger partial charge >= 0.3 is 0 Å². The quantitative estimate of drug-likeness (QED) is 0.926. The molecule has 2 heterocycles. The van der Waals surface area contributed by atoms with Crippen LogP contribution in [0.25, 0.3) is 0 Å². The maximum absolute atomic E-state index is 12.8. The van der Waals surface area contributed by atoms with Crippen LogP contribution >= 0.6 is 11.3 Å². The molecule has 1 saturated carbocycles. The monoisotopic (exact) mass is 307 g/mol. The SMILES string of the molecule is CCC1C(=O)NC(C2CC2)C(=O)N1C(C)c1ncc(C)s1. The van der Waals surface area contributed by atoms with Crippen molar-refractivity contribution >= 4 is 23.2 Å². The molecule has 21 heavy (non-hydrogen) atoms. The van der Waals surface area contributed by atoms with Crippen LogP contribution in [-0.4, -0.2) is 33.8 Å². The standard InChI is InChI=1S/C15H21N3O2S/c1-4-11-13(19)17-12(10-5-6-10)15(20)18(11)9(3)14-16-7-8(2)21-14/h7,9-12H,4-6H2,1-3H3,(H,17,19). The summed E-state index contributed by atoms with van der Waals surface area (Å²) in [4.78, 5) is 32.5. The lowest BCUT2D eigenvalue weighted by molar-refractivity contribution is -0.152. The van der Waals surface area contributed by atoms with Crippen LogP contribution in [0, 0.1) is 12.8 Å². The molecule has 1 aromatic heterocycles. The molecule has 0 radical (unpaired) electrons. The van der Waals surface area contributed by atoms with Crippen LogP contribution in [0.2, 0.25) is 0 Å². The number of hydrogen-bond acceptors (Lipinski definition) is 4. The summed E-state index contributed by atoms with van der Waals surface area (Å²) in [6, 6.07) is -0.857. The number of piperazine rings is 1. The van der Waals surface area contributed by atoms with Gasteiger partial charge < -0.3 is 10.2 Å². The van der Waals surface area contributed by atoms with E-state index >= 15 is 0 Å². The van der Waals surface area contributed by atoms with Crippen molar-refractivity contribution in [1.82, 2.24) is 15.2 Å². The highest BCUT2D eigenvalue weighted by Crippen LogP contribution is 2.38. The first-order chi connectivity index (χ1) is 10.0. The van der Waals surface area contributed by atoms with E-state index in [0.29, 0.717) is 12.3 Å². The lowest BCUT2D eigenvalue weighted by atomic mass is 10.00. The van der Waals surface area contributed by atoms with E-state index < -0.39 is 0 Å². The molecule has 5 nitrogen and oxygen atoms in total. The fourth-order valence-electron chi connectivity index (χ4n) is 3.03. The highest BCUT2D eigenvalue weighted by molar-refractivity contribution is 7.11. The molecular weight excluding hydrogens is 286 g/mol. The summed E-state index contributed by atoms with van der Waals surface area (Å²) in [6.07, 6.45) is 4.52. The molecule has 0 bridgehead atoms. The summed E-state index contributed by atoms with van der Waals surface area (Å²) in [5.41, 5.74) is 0. The lowest BCUT2D eigenvalue weighted by Crippen LogP contribution is -2.64. The smallest absolute Gasteiger partial charge is 0.246 e. The van der Waals surface area contributed by atoms with Crippen molar-refractivity contribution in [2.75, 3.05) is 0 Å². The first-order valence-corrected chi connectivity index (χ1v) is 8.39. The zero-order valence-corrected chi connectivity index (χ0v) is 13.4. The highest BCUT2D eigenvalue weighted by Gasteiger charge is 2.48. The molecule has 1 aliphatic carbocycles. The molecule has 3 unspecified atom stereocenters. The number of nitrogens with one attached hydrogen (secondary N) is 1. The minimum atomic E-state index is -0.383. The van der Waals surface area contributed by atoms with Gasteiger partial charge in [0.05, 0.1) is 6.04 Å². The molecule has 1 saturated heterocycles. The van der Waals surface area contributed by atoms with Crippen molar-refractivity contribution in [3.05, 3.63) is 16.1 Å². The van der Waals surface area contributed by atoms with Gasteiger partial charge in [0.25, 0.3) is 0 Å². The number of nitrogens with zero attached hydrogens (tertiary/aromatic N) is 2. The normalized spacial score (nSPS) is 27.7. The Morgan fingerprint density at radius 2 is 2.19 bits per heavy atom. The molecule has 2 aliphatic rings. The molecule has 0 spiro atoms. The Morgan fingerprint density at radius 3 is 2.71 bits per heavy atom. The zero-order valence-electron chi connectivity index (χ0n) is 12.6. The second kappa shape index (κ2) is 5.40. The molecule has 114 valence electrons. The van der Waals surface area contributed by atoms with Gasteiger partial charge in [0.15, 0.2) is 0 Å². The van der Waals surface area contributed by atoms with Gasteiger partial charge in [-0.05, 0) is 39.0 Å². The number of amides is 2. The number of carbonyl (C=O) groups is 2. The topological polar surface area (TPSA) is 62.3 Å². The maximum Gasteiger partial charge on any atom is 0.246 e. The summed E-state index contributed by atoms with van der Waals surface area (Å²) in [7, 11) is 0. The van der Waals surface area contributed by atoms with E-state index in [1.165, 1.54) is 0 Å². The van der Waals surface area contributed by atoms with Crippen LogP contribution in [0.15, 0.2) is 6.20 Å². The molecule has 1 aliphatic heterocycles. The van der Waals surface area contributed by atoms with Gasteiger partial charge in [-0.25, -0.2) is 4.98 Å². The van der Waals surface area contributed by atoms with E-state index in [0.717, 1.165) is 22.7 Å². The van der Waals surface area contributed by atoms with Gasteiger partial charge in [-0.15, -0.1) is 11.3 Å². The molecule has 6 heteroatoms. The molecule has 3 atom stereocenters. The van der Waals surface area contributed by atoms with E-state index in [2.05, 4.69) is 10.3 Å². The Hall–Kier alpha value is -1.43. The number of aromatic nitrogens is 1. The average Bonchev–Trinajstić information content (AvgIpc) is 3.21. The van der Waals surface area contributed by atoms with E-state index in [4.69, 9.17) is 0 Å². The van der Waals surface area contributed by atoms with Gasteiger partial charge in [0, 0.05) is 11.1 Å². The maximum atomic E-state index is 12.8. The summed E-state index contributed by atoms with van der Waals surface area (Å²) in [5.74, 6) is 0.366. The van der Waals surface area contributed by atoms with Gasteiger partial charge in [0.2, 0.25) is 11.8 Å². The Balaban J connectivity index is 1.90. The van der Waals surface area contributed by atoms with Gasteiger partial charge in [-0.1, -0.05) is 6.92 Å². The molecule has 1 N–H and O–H groups in total. The van der Waals surface area contributed by atoms with Gasteiger partial charge in [-0.3, -0.25) is 9.59 Å². The van der Waals surface area contributed by atoms with Crippen LogP contribution in [0.1, 0.15) is 49.0 Å². The predicted molar refractivity (Wildman–Crippen MR) is 80.8 cm³/mol. The Bertz CT molecular complexity index is 567. The van der Waals surface area contributed by atoms with Crippen molar-refractivity contribution in [2.24, 2.45) is 5.92 Å². The van der Waals surface area contributed by atoms with Crippen molar-refractivity contribution in [2.45, 2.75) is 58.2 Å². The van der Waals surface area contributed by atoms with E-state index in [9.17, 15) is 9.59 Å². The van der Waals surface area contributed by atoms with E-state index in [1.807, 2.05) is 27.0 Å². The fourth-order valence-corrected chi connectivity index (χ4v) is 3.85. The van der Waals surface area contributed by atoms with E-state index in [1.54, 1.807) is 16.2 Å². The molecule has 1 aromatic rings. The van der Waals surface area contributed by atoms with Crippen LogP contribution < -0.4 is 5.32 Å². The van der Waals surface area contributed by atoms with Crippen LogP contribution in [0.4, 0.5) is 0 Å². The second-order valence-electron chi connectivity index (χ2n) is 5.98. The number of thiazole rings is 1. The summed E-state index contributed by atoms with van der Waals surface area (Å²) < 4.78 is 0. The third-order valence-electron chi connectivity index (χ3n) is 4.35. The lowest BCUT2D eigenvalue weighted by Gasteiger charge is -2.41. The number of aryl methyl sites for hydroxylation is 1. The molecular formula is C15H21N3O2S. The van der Waals surface area contributed by atoms with Crippen LogP contribution in [0.3, 0.4) is 0 Å². The molecule has 2 amide bonds. The van der Waals surface area contributed by atoms with Crippen molar-refractivity contribution in [3.63, 3.8) is 0 Å². The first-order valence-electron chi connectivity index (χ1n) is 7.57. The predicted octanol–water partition coefficient (Wildman–Crippen LogP) is 2.03. The van der Waals surface area contributed by atoms with Crippen molar-refractivity contribution in [1.29, 1.82) is 0 Å². The zero-order chi connectivity index (χ0) is 15.1. The summed E-state index contributed by atoms with van der Waals surface area (Å²) >= 11 is 1.59. The summed E-state index contributed by atoms with van der Waals surface area (Å²) in [5, 5.41) is 3.83. The average molecular weight is 307 g/mol. The minimum absolute atomic E-state index is 0.0193. The third kappa shape index (κ3) is 2.57. The fraction of sp³-hybridized carbons (Fsp3) is 0.667. The molecule has 0 aromatic carbocycles. The Kier molecular flexibility index (Phi) is 3.73. The molecule has 2 fully saturated rings. The van der Waals surface area contributed by atoms with Gasteiger partial charge in [-0.2, -0.15) is 0 Å². The number of carbonyl (C=O) groups excluding carboxylic acids is 2. The third-order valence-corrected chi connectivity index (χ3v) is 5.43. The Labute approximate surface area is 128 Å². The number of rotatable bonds is 4. The van der Waals surface area contributed by atoms with Crippen molar-refractivity contribution < 1.29 is 9.59 Å². The van der Waals surface area contributed by atoms with Gasteiger partial charge in [0.1, 0.15) is 17.1 Å². The van der Waals surface area contributed by atoms with Crippen molar-refractivity contribution in [3.8, 4) is 0 Å².